The molecule has 0 atom stereocenters. The first-order valence-corrected chi connectivity index (χ1v) is 5.97. The number of likely N-dealkylation sites (N-methyl/N-ethyl adjacent to an activating group) is 1. The summed E-state index contributed by atoms with van der Waals surface area (Å²) in [7, 11) is 1.96. The van der Waals surface area contributed by atoms with Gasteiger partial charge in [0.05, 0.1) is 11.3 Å². The van der Waals surface area contributed by atoms with Gasteiger partial charge >= 0.3 is 0 Å². The van der Waals surface area contributed by atoms with Crippen LogP contribution in [-0.4, -0.2) is 45.9 Å². The lowest BCUT2D eigenvalue weighted by atomic mass is 10.1. The van der Waals surface area contributed by atoms with Gasteiger partial charge in [-0.15, -0.1) is 0 Å². The quantitative estimate of drug-likeness (QED) is 0.683. The number of hydrogen-bond donors (Lipinski definition) is 3. The third-order valence-electron chi connectivity index (χ3n) is 2.60. The number of H-pyrrole nitrogens is 1. The van der Waals surface area contributed by atoms with E-state index in [1.807, 2.05) is 13.1 Å². The van der Waals surface area contributed by atoms with Crippen LogP contribution in [-0.2, 0) is 6.42 Å². The summed E-state index contributed by atoms with van der Waals surface area (Å²) < 4.78 is 0. The Morgan fingerprint density at radius 3 is 2.78 bits per heavy atom. The fraction of sp³-hybridized carbons (Fsp3) is 0.667. The zero-order chi connectivity index (χ0) is 13.8. The second-order valence-electron chi connectivity index (χ2n) is 5.23. The van der Waals surface area contributed by atoms with E-state index in [1.54, 1.807) is 13.8 Å². The van der Waals surface area contributed by atoms with Crippen LogP contribution in [0.4, 0.5) is 5.82 Å². The molecule has 0 fully saturated rings. The molecule has 0 saturated heterocycles. The molecular formula is C12H21N5O. The minimum absolute atomic E-state index is 0.261. The number of rotatable bonds is 6. The second kappa shape index (κ2) is 5.85. The molecule has 0 radical (unpaired) electrons. The molecule has 100 valence electrons. The van der Waals surface area contributed by atoms with Crippen molar-refractivity contribution in [2.24, 2.45) is 0 Å². The van der Waals surface area contributed by atoms with Gasteiger partial charge in [0, 0.05) is 6.54 Å². The van der Waals surface area contributed by atoms with E-state index in [2.05, 4.69) is 15.1 Å². The summed E-state index contributed by atoms with van der Waals surface area (Å²) in [5.74, 6) is 0.261. The Labute approximate surface area is 107 Å². The fourth-order valence-electron chi connectivity index (χ4n) is 1.97. The number of hydrogen-bond acceptors (Lipinski definition) is 5. The first kappa shape index (κ1) is 14.5. The van der Waals surface area contributed by atoms with Gasteiger partial charge < -0.3 is 15.7 Å². The molecule has 0 aliphatic rings. The number of anilines is 1. The first-order chi connectivity index (χ1) is 8.33. The van der Waals surface area contributed by atoms with E-state index in [0.717, 1.165) is 25.1 Å². The Bertz CT molecular complexity index is 427. The van der Waals surface area contributed by atoms with Crippen LogP contribution < -0.4 is 5.73 Å². The van der Waals surface area contributed by atoms with E-state index in [4.69, 9.17) is 11.0 Å². The van der Waals surface area contributed by atoms with Crippen molar-refractivity contribution in [2.45, 2.75) is 32.3 Å². The van der Waals surface area contributed by atoms with E-state index in [-0.39, 0.29) is 5.82 Å². The topological polar surface area (TPSA) is 102 Å². The van der Waals surface area contributed by atoms with E-state index in [9.17, 15) is 5.11 Å². The molecule has 1 aromatic rings. The summed E-state index contributed by atoms with van der Waals surface area (Å²) in [6.07, 6.45) is 1.60. The van der Waals surface area contributed by atoms with Crippen LogP contribution in [0.1, 0.15) is 31.5 Å². The van der Waals surface area contributed by atoms with Gasteiger partial charge in [-0.3, -0.25) is 5.10 Å². The SMILES string of the molecule is CN(CCCc1[nH]nc(N)c1C#N)CC(C)(C)O. The highest BCUT2D eigenvalue weighted by molar-refractivity contribution is 5.50. The molecule has 0 saturated carbocycles. The zero-order valence-corrected chi connectivity index (χ0v) is 11.2. The van der Waals surface area contributed by atoms with E-state index >= 15 is 0 Å². The molecule has 0 amide bonds. The summed E-state index contributed by atoms with van der Waals surface area (Å²) in [6, 6.07) is 2.05. The first-order valence-electron chi connectivity index (χ1n) is 5.97. The summed E-state index contributed by atoms with van der Waals surface area (Å²) in [6.45, 7) is 5.02. The van der Waals surface area contributed by atoms with Crippen LogP contribution >= 0.6 is 0 Å². The van der Waals surface area contributed by atoms with Crippen LogP contribution in [0.25, 0.3) is 0 Å². The normalized spacial score (nSPS) is 11.8. The van der Waals surface area contributed by atoms with Gasteiger partial charge in [0.15, 0.2) is 5.82 Å². The van der Waals surface area contributed by atoms with E-state index in [1.165, 1.54) is 0 Å². The molecule has 1 heterocycles. The van der Waals surface area contributed by atoms with Crippen molar-refractivity contribution in [1.29, 1.82) is 5.26 Å². The van der Waals surface area contributed by atoms with Crippen molar-refractivity contribution in [3.63, 3.8) is 0 Å². The van der Waals surface area contributed by atoms with Gasteiger partial charge in [0.2, 0.25) is 0 Å². The van der Waals surface area contributed by atoms with Crippen LogP contribution in [0.5, 0.6) is 0 Å². The maximum Gasteiger partial charge on any atom is 0.163 e. The van der Waals surface area contributed by atoms with Crippen molar-refractivity contribution in [3.05, 3.63) is 11.3 Å². The Morgan fingerprint density at radius 1 is 1.56 bits per heavy atom. The van der Waals surface area contributed by atoms with Crippen molar-refractivity contribution < 1.29 is 5.11 Å². The van der Waals surface area contributed by atoms with Crippen molar-refractivity contribution >= 4 is 5.82 Å². The molecule has 4 N–H and O–H groups in total. The highest BCUT2D eigenvalue weighted by Crippen LogP contribution is 2.13. The minimum Gasteiger partial charge on any atom is -0.389 e. The largest absolute Gasteiger partial charge is 0.389 e. The van der Waals surface area contributed by atoms with E-state index in [0.29, 0.717) is 12.1 Å². The highest BCUT2D eigenvalue weighted by Gasteiger charge is 2.15. The van der Waals surface area contributed by atoms with Gasteiger partial charge in [-0.2, -0.15) is 10.4 Å². The van der Waals surface area contributed by atoms with Crippen molar-refractivity contribution in [1.82, 2.24) is 15.1 Å². The Morgan fingerprint density at radius 2 is 2.22 bits per heavy atom. The predicted molar refractivity (Wildman–Crippen MR) is 69.8 cm³/mol. The lowest BCUT2D eigenvalue weighted by Gasteiger charge is -2.25. The van der Waals surface area contributed by atoms with Crippen LogP contribution in [0.15, 0.2) is 0 Å². The Kier molecular flexibility index (Phi) is 4.70. The maximum absolute atomic E-state index is 9.67. The van der Waals surface area contributed by atoms with Gasteiger partial charge in [-0.25, -0.2) is 0 Å². The summed E-state index contributed by atoms with van der Waals surface area (Å²) >= 11 is 0. The number of aryl methyl sites for hydroxylation is 1. The lowest BCUT2D eigenvalue weighted by molar-refractivity contribution is 0.0444. The molecule has 6 heteroatoms. The number of aromatic nitrogens is 2. The molecule has 0 aromatic carbocycles. The van der Waals surface area contributed by atoms with Crippen LogP contribution in [0, 0.1) is 11.3 Å². The number of aliphatic hydroxyl groups is 1. The summed E-state index contributed by atoms with van der Waals surface area (Å²) in [4.78, 5) is 2.06. The Balaban J connectivity index is 2.40. The molecule has 0 bridgehead atoms. The number of nitrogens with two attached hydrogens (primary N) is 1. The third-order valence-corrected chi connectivity index (χ3v) is 2.60. The molecule has 0 aliphatic heterocycles. The molecule has 6 nitrogen and oxygen atoms in total. The average molecular weight is 251 g/mol. The minimum atomic E-state index is -0.690. The molecule has 1 aromatic heterocycles. The van der Waals surface area contributed by atoms with Crippen molar-refractivity contribution in [3.8, 4) is 6.07 Å². The molecule has 1 rings (SSSR count). The van der Waals surface area contributed by atoms with E-state index < -0.39 is 5.60 Å². The van der Waals surface area contributed by atoms with Gasteiger partial charge in [-0.1, -0.05) is 0 Å². The standard InChI is InChI=1S/C12H21N5O/c1-12(2,18)8-17(3)6-4-5-10-9(7-13)11(14)16-15-10/h18H,4-6,8H2,1-3H3,(H3,14,15,16). The number of nitrogen functional groups attached to an aromatic ring is 1. The lowest BCUT2D eigenvalue weighted by Crippen LogP contribution is -2.36. The number of nitriles is 1. The Hall–Kier alpha value is -1.58. The fourth-order valence-corrected chi connectivity index (χ4v) is 1.97. The molecule has 18 heavy (non-hydrogen) atoms. The monoisotopic (exact) mass is 251 g/mol. The zero-order valence-electron chi connectivity index (χ0n) is 11.2. The second-order valence-corrected chi connectivity index (χ2v) is 5.23. The third kappa shape index (κ3) is 4.35. The summed E-state index contributed by atoms with van der Waals surface area (Å²) in [5.41, 5.74) is 6.10. The number of nitrogens with one attached hydrogen (secondary N) is 1. The van der Waals surface area contributed by atoms with Gasteiger partial charge in [0.25, 0.3) is 0 Å². The molecule has 0 spiro atoms. The molecule has 0 aliphatic carbocycles. The van der Waals surface area contributed by atoms with Gasteiger partial charge in [0.1, 0.15) is 11.6 Å². The maximum atomic E-state index is 9.67. The smallest absolute Gasteiger partial charge is 0.163 e. The van der Waals surface area contributed by atoms with Crippen LogP contribution in [0.2, 0.25) is 0 Å². The molecule has 0 unspecified atom stereocenters. The van der Waals surface area contributed by atoms with Crippen LogP contribution in [0.3, 0.4) is 0 Å². The predicted octanol–water partition coefficient (Wildman–Crippen LogP) is 0.499. The molecular weight excluding hydrogens is 230 g/mol. The number of aromatic amines is 1. The summed E-state index contributed by atoms with van der Waals surface area (Å²) in [5, 5.41) is 25.2. The number of nitrogens with zero attached hydrogens (tertiary/aromatic N) is 3. The highest BCUT2D eigenvalue weighted by atomic mass is 16.3. The average Bonchev–Trinajstić information content (AvgIpc) is 2.56. The van der Waals surface area contributed by atoms with Crippen molar-refractivity contribution in [2.75, 3.05) is 25.9 Å². The van der Waals surface area contributed by atoms with Gasteiger partial charge in [-0.05, 0) is 40.3 Å².